The van der Waals surface area contributed by atoms with Gasteiger partial charge in [0.05, 0.1) is 4.92 Å². The summed E-state index contributed by atoms with van der Waals surface area (Å²) in [6.07, 6.45) is 6.59. The molecule has 0 aliphatic heterocycles. The number of halogens is 1. The Bertz CT molecular complexity index is 471. The molecule has 4 nitrogen and oxygen atoms in total. The Morgan fingerprint density at radius 1 is 1.37 bits per heavy atom. The molecule has 19 heavy (non-hydrogen) atoms. The van der Waals surface area contributed by atoms with Gasteiger partial charge in [0.2, 0.25) is 0 Å². The minimum Gasteiger partial charge on any atom is -0.384 e. The maximum atomic E-state index is 10.9. The molecule has 0 unspecified atom stereocenters. The van der Waals surface area contributed by atoms with Crippen LogP contribution in [0.25, 0.3) is 0 Å². The van der Waals surface area contributed by atoms with Crippen LogP contribution in [0.3, 0.4) is 0 Å². The molecule has 1 fully saturated rings. The van der Waals surface area contributed by atoms with Gasteiger partial charge in [0.15, 0.2) is 0 Å². The van der Waals surface area contributed by atoms with Gasteiger partial charge in [-0.2, -0.15) is 0 Å². The molecule has 2 rings (SSSR count). The van der Waals surface area contributed by atoms with Crippen molar-refractivity contribution in [1.29, 1.82) is 0 Å². The number of benzene rings is 1. The largest absolute Gasteiger partial charge is 0.384 e. The first-order valence-electron chi connectivity index (χ1n) is 6.76. The summed E-state index contributed by atoms with van der Waals surface area (Å²) in [4.78, 5) is 10.5. The summed E-state index contributed by atoms with van der Waals surface area (Å²) in [5.74, 6) is 0.733. The van der Waals surface area contributed by atoms with Crippen LogP contribution < -0.4 is 5.32 Å². The second kappa shape index (κ2) is 6.37. The summed E-state index contributed by atoms with van der Waals surface area (Å²) in [7, 11) is 0. The molecule has 1 saturated carbocycles. The SMILES string of the molecule is Cc1cc(NCC2CCCCC2)c(Br)cc1[N+](=O)[O-]. The quantitative estimate of drug-likeness (QED) is 0.646. The Morgan fingerprint density at radius 3 is 2.68 bits per heavy atom. The van der Waals surface area contributed by atoms with E-state index >= 15 is 0 Å². The molecule has 5 heteroatoms. The normalized spacial score (nSPS) is 16.3. The van der Waals surface area contributed by atoms with Crippen molar-refractivity contribution in [2.75, 3.05) is 11.9 Å². The first kappa shape index (κ1) is 14.3. The lowest BCUT2D eigenvalue weighted by molar-refractivity contribution is -0.385. The molecule has 1 aliphatic rings. The average Bonchev–Trinajstić information content (AvgIpc) is 2.40. The highest BCUT2D eigenvalue weighted by Crippen LogP contribution is 2.31. The van der Waals surface area contributed by atoms with E-state index in [4.69, 9.17) is 0 Å². The van der Waals surface area contributed by atoms with Crippen LogP contribution in [0.15, 0.2) is 16.6 Å². The second-order valence-electron chi connectivity index (χ2n) is 5.26. The van der Waals surface area contributed by atoms with Gasteiger partial charge in [0, 0.05) is 28.3 Å². The average molecular weight is 327 g/mol. The molecule has 0 spiro atoms. The highest BCUT2D eigenvalue weighted by atomic mass is 79.9. The highest BCUT2D eigenvalue weighted by Gasteiger charge is 2.16. The number of anilines is 1. The number of hydrogen-bond acceptors (Lipinski definition) is 3. The van der Waals surface area contributed by atoms with Gasteiger partial charge >= 0.3 is 0 Å². The van der Waals surface area contributed by atoms with Crippen molar-refractivity contribution in [2.45, 2.75) is 39.0 Å². The second-order valence-corrected chi connectivity index (χ2v) is 6.11. The van der Waals surface area contributed by atoms with E-state index in [2.05, 4.69) is 21.2 Å². The lowest BCUT2D eigenvalue weighted by Gasteiger charge is -2.22. The Kier molecular flexibility index (Phi) is 4.80. The summed E-state index contributed by atoms with van der Waals surface area (Å²) in [5, 5.41) is 14.3. The van der Waals surface area contributed by atoms with Gasteiger partial charge in [-0.25, -0.2) is 0 Å². The Morgan fingerprint density at radius 2 is 2.05 bits per heavy atom. The van der Waals surface area contributed by atoms with Gasteiger partial charge in [0.25, 0.3) is 5.69 Å². The van der Waals surface area contributed by atoms with E-state index < -0.39 is 0 Å². The molecule has 0 radical (unpaired) electrons. The first-order chi connectivity index (χ1) is 9.08. The Labute approximate surface area is 121 Å². The number of hydrogen-bond donors (Lipinski definition) is 1. The standard InChI is InChI=1S/C14H19BrN2O2/c1-10-7-13(12(15)8-14(10)17(18)19)16-9-11-5-3-2-4-6-11/h7-8,11,16H,2-6,9H2,1H3. The van der Waals surface area contributed by atoms with E-state index in [1.165, 1.54) is 32.1 Å². The van der Waals surface area contributed by atoms with Gasteiger partial charge in [-0.15, -0.1) is 0 Å². The number of aryl methyl sites for hydroxylation is 1. The summed E-state index contributed by atoms with van der Waals surface area (Å²) in [5.41, 5.74) is 1.81. The molecule has 0 saturated heterocycles. The van der Waals surface area contributed by atoms with E-state index in [1.54, 1.807) is 13.0 Å². The fraction of sp³-hybridized carbons (Fsp3) is 0.571. The molecular formula is C14H19BrN2O2. The van der Waals surface area contributed by atoms with E-state index in [-0.39, 0.29) is 10.6 Å². The van der Waals surface area contributed by atoms with Crippen LogP contribution in [-0.4, -0.2) is 11.5 Å². The van der Waals surface area contributed by atoms with Crippen molar-refractivity contribution >= 4 is 27.3 Å². The Balaban J connectivity index is 2.04. The number of rotatable bonds is 4. The number of nitrogens with one attached hydrogen (secondary N) is 1. The predicted molar refractivity (Wildman–Crippen MR) is 80.6 cm³/mol. The van der Waals surface area contributed by atoms with Gasteiger partial charge in [-0.3, -0.25) is 10.1 Å². The topological polar surface area (TPSA) is 55.2 Å². The molecule has 1 aliphatic carbocycles. The van der Waals surface area contributed by atoms with Crippen molar-refractivity contribution in [3.05, 3.63) is 32.3 Å². The summed E-state index contributed by atoms with van der Waals surface area (Å²) < 4.78 is 0.764. The van der Waals surface area contributed by atoms with Crippen molar-refractivity contribution in [1.82, 2.24) is 0 Å². The predicted octanol–water partition coefficient (Wildman–Crippen LogP) is 4.66. The van der Waals surface area contributed by atoms with Crippen molar-refractivity contribution in [3.8, 4) is 0 Å². The van der Waals surface area contributed by atoms with Crippen LogP contribution in [-0.2, 0) is 0 Å². The van der Waals surface area contributed by atoms with E-state index in [0.717, 1.165) is 22.6 Å². The molecule has 0 bridgehead atoms. The molecule has 1 N–H and O–H groups in total. The third-order valence-electron chi connectivity index (χ3n) is 3.79. The zero-order valence-corrected chi connectivity index (χ0v) is 12.7. The van der Waals surface area contributed by atoms with E-state index in [0.29, 0.717) is 5.56 Å². The van der Waals surface area contributed by atoms with Crippen molar-refractivity contribution in [3.63, 3.8) is 0 Å². The minimum absolute atomic E-state index is 0.162. The highest BCUT2D eigenvalue weighted by molar-refractivity contribution is 9.10. The molecule has 104 valence electrons. The zero-order chi connectivity index (χ0) is 13.8. The molecular weight excluding hydrogens is 308 g/mol. The fourth-order valence-electron chi connectivity index (χ4n) is 2.65. The summed E-state index contributed by atoms with van der Waals surface area (Å²) >= 11 is 3.41. The van der Waals surface area contributed by atoms with Crippen molar-refractivity contribution < 1.29 is 4.92 Å². The van der Waals surface area contributed by atoms with Gasteiger partial charge in [-0.1, -0.05) is 19.3 Å². The van der Waals surface area contributed by atoms with Crippen LogP contribution >= 0.6 is 15.9 Å². The van der Waals surface area contributed by atoms with Crippen LogP contribution in [0.4, 0.5) is 11.4 Å². The van der Waals surface area contributed by atoms with E-state index in [9.17, 15) is 10.1 Å². The molecule has 0 heterocycles. The third-order valence-corrected chi connectivity index (χ3v) is 4.44. The van der Waals surface area contributed by atoms with Gasteiger partial charge in [-0.05, 0) is 47.7 Å². The molecule has 1 aromatic carbocycles. The van der Waals surface area contributed by atoms with Crippen molar-refractivity contribution in [2.24, 2.45) is 5.92 Å². The number of nitro benzene ring substituents is 1. The summed E-state index contributed by atoms with van der Waals surface area (Å²) in [6, 6.07) is 3.43. The molecule has 0 amide bonds. The third kappa shape index (κ3) is 3.69. The number of nitrogens with zero attached hydrogens (tertiary/aromatic N) is 1. The lowest BCUT2D eigenvalue weighted by atomic mass is 9.89. The summed E-state index contributed by atoms with van der Waals surface area (Å²) in [6.45, 7) is 2.73. The minimum atomic E-state index is -0.342. The zero-order valence-electron chi connectivity index (χ0n) is 11.1. The molecule has 0 atom stereocenters. The number of nitro groups is 1. The monoisotopic (exact) mass is 326 g/mol. The van der Waals surface area contributed by atoms with E-state index in [1.807, 2.05) is 6.07 Å². The maximum Gasteiger partial charge on any atom is 0.273 e. The smallest absolute Gasteiger partial charge is 0.273 e. The lowest BCUT2D eigenvalue weighted by Crippen LogP contribution is -2.17. The Hall–Kier alpha value is -1.10. The maximum absolute atomic E-state index is 10.9. The van der Waals surface area contributed by atoms with Gasteiger partial charge < -0.3 is 5.32 Å². The van der Waals surface area contributed by atoms with Crippen LogP contribution in [0.5, 0.6) is 0 Å². The van der Waals surface area contributed by atoms with Crippen LogP contribution in [0.1, 0.15) is 37.7 Å². The van der Waals surface area contributed by atoms with Gasteiger partial charge in [0.1, 0.15) is 0 Å². The first-order valence-corrected chi connectivity index (χ1v) is 7.55. The fourth-order valence-corrected chi connectivity index (χ4v) is 3.12. The molecule has 0 aromatic heterocycles. The van der Waals surface area contributed by atoms with Crippen LogP contribution in [0, 0.1) is 23.0 Å². The molecule has 1 aromatic rings. The van der Waals surface area contributed by atoms with Crippen LogP contribution in [0.2, 0.25) is 0 Å².